The van der Waals surface area contributed by atoms with Gasteiger partial charge in [0.2, 0.25) is 5.91 Å². The quantitative estimate of drug-likeness (QED) is 0.534. The van der Waals surface area contributed by atoms with Crippen molar-refractivity contribution in [3.05, 3.63) is 53.2 Å². The Kier molecular flexibility index (Phi) is 6.87. The Morgan fingerprint density at radius 2 is 1.81 bits per heavy atom. The number of nitrogens with one attached hydrogen (secondary N) is 1. The highest BCUT2D eigenvalue weighted by molar-refractivity contribution is 7.91. The van der Waals surface area contributed by atoms with Crippen molar-refractivity contribution >= 4 is 33.0 Å². The lowest BCUT2D eigenvalue weighted by molar-refractivity contribution is -0.115. The molecule has 1 N–H and O–H groups in total. The molecule has 0 bridgehead atoms. The van der Waals surface area contributed by atoms with Gasteiger partial charge in [0.15, 0.2) is 15.6 Å². The Hall–Kier alpha value is -3.04. The highest BCUT2D eigenvalue weighted by Crippen LogP contribution is 2.31. The Balaban J connectivity index is 1.75. The third-order valence-electron chi connectivity index (χ3n) is 4.44. The highest BCUT2D eigenvalue weighted by Gasteiger charge is 2.23. The molecule has 0 unspecified atom stereocenters. The van der Waals surface area contributed by atoms with Crippen molar-refractivity contribution in [1.82, 2.24) is 5.16 Å². The summed E-state index contributed by atoms with van der Waals surface area (Å²) in [5.41, 5.74) is 1.65. The van der Waals surface area contributed by atoms with E-state index < -0.39 is 21.5 Å². The Morgan fingerprint density at radius 3 is 2.42 bits per heavy atom. The van der Waals surface area contributed by atoms with Crippen molar-refractivity contribution in [3.8, 4) is 22.8 Å². The summed E-state index contributed by atoms with van der Waals surface area (Å²) in [5.74, 6) is 0.216. The number of halogens is 1. The topological polar surface area (TPSA) is 108 Å². The molecule has 0 atom stereocenters. The van der Waals surface area contributed by atoms with Gasteiger partial charge in [0.1, 0.15) is 16.4 Å². The molecule has 0 saturated heterocycles. The molecule has 164 valence electrons. The summed E-state index contributed by atoms with van der Waals surface area (Å²) in [6.45, 7) is 1.77. The third kappa shape index (κ3) is 5.36. The fourth-order valence-electron chi connectivity index (χ4n) is 2.88. The zero-order chi connectivity index (χ0) is 22.6. The van der Waals surface area contributed by atoms with E-state index >= 15 is 0 Å². The van der Waals surface area contributed by atoms with E-state index in [-0.39, 0.29) is 17.1 Å². The third-order valence-corrected chi connectivity index (χ3v) is 6.47. The number of nitrogens with zero attached hydrogens (tertiary/aromatic N) is 1. The van der Waals surface area contributed by atoms with Crippen LogP contribution in [0.3, 0.4) is 0 Å². The summed E-state index contributed by atoms with van der Waals surface area (Å²) < 4.78 is 41.4. The van der Waals surface area contributed by atoms with Crippen LogP contribution in [0.25, 0.3) is 11.3 Å². The molecule has 0 fully saturated rings. The summed E-state index contributed by atoms with van der Waals surface area (Å²) in [6, 6.07) is 11.1. The number of hydrogen-bond donors (Lipinski definition) is 1. The Morgan fingerprint density at radius 1 is 1.10 bits per heavy atom. The van der Waals surface area contributed by atoms with Gasteiger partial charge in [-0.2, -0.15) is 0 Å². The van der Waals surface area contributed by atoms with Crippen molar-refractivity contribution in [1.29, 1.82) is 0 Å². The van der Waals surface area contributed by atoms with E-state index in [1.165, 1.54) is 26.4 Å². The van der Waals surface area contributed by atoms with E-state index in [0.717, 1.165) is 0 Å². The van der Waals surface area contributed by atoms with Crippen molar-refractivity contribution in [2.75, 3.05) is 25.3 Å². The first-order valence-corrected chi connectivity index (χ1v) is 11.2. The minimum atomic E-state index is -3.83. The van der Waals surface area contributed by atoms with E-state index in [0.29, 0.717) is 33.5 Å². The molecule has 1 amide bonds. The molecule has 10 heteroatoms. The lowest BCUT2D eigenvalue weighted by Gasteiger charge is -2.11. The second kappa shape index (κ2) is 9.40. The number of aromatic nitrogens is 1. The number of sulfone groups is 1. The molecular weight excluding hydrogens is 444 g/mol. The number of ether oxygens (including phenoxy) is 2. The molecule has 31 heavy (non-hydrogen) atoms. The fourth-order valence-corrected chi connectivity index (χ4v) is 4.57. The van der Waals surface area contributed by atoms with Gasteiger partial charge in [-0.1, -0.05) is 16.8 Å². The van der Waals surface area contributed by atoms with Gasteiger partial charge in [-0.05, 0) is 43.3 Å². The van der Waals surface area contributed by atoms with Crippen LogP contribution >= 0.6 is 11.6 Å². The number of amides is 1. The number of carbonyl (C=O) groups excluding carboxylic acids is 1. The average molecular weight is 465 g/mol. The molecule has 0 radical (unpaired) electrons. The summed E-state index contributed by atoms with van der Waals surface area (Å²) in [4.78, 5) is 12.3. The van der Waals surface area contributed by atoms with Crippen LogP contribution in [0.1, 0.15) is 12.1 Å². The maximum atomic E-state index is 13.0. The lowest BCUT2D eigenvalue weighted by atomic mass is 10.1. The van der Waals surface area contributed by atoms with Gasteiger partial charge in [-0.3, -0.25) is 4.79 Å². The van der Waals surface area contributed by atoms with Crippen molar-refractivity contribution < 1.29 is 27.2 Å². The normalized spacial score (nSPS) is 11.2. The van der Waals surface area contributed by atoms with Gasteiger partial charge in [-0.25, -0.2) is 8.42 Å². The lowest BCUT2D eigenvalue weighted by Crippen LogP contribution is -2.18. The van der Waals surface area contributed by atoms with E-state index in [9.17, 15) is 13.2 Å². The standard InChI is InChI=1S/C21H21ClN2O6S/c1-13-10-19(30-24-13)14-4-6-18(29-3)20(11-14)31(26,27)9-8-21(25)23-15-5-7-17(28-2)16(22)12-15/h4-7,10-12H,8-9H2,1-3H3,(H,23,25). The maximum Gasteiger partial charge on any atom is 0.225 e. The van der Waals surface area contributed by atoms with Gasteiger partial charge < -0.3 is 19.3 Å². The summed E-state index contributed by atoms with van der Waals surface area (Å²) >= 11 is 6.04. The molecule has 3 aromatic rings. The minimum absolute atomic E-state index is 0.0261. The summed E-state index contributed by atoms with van der Waals surface area (Å²) in [6.07, 6.45) is -0.249. The van der Waals surface area contributed by atoms with Crippen LogP contribution in [0, 0.1) is 6.92 Å². The second-order valence-corrected chi connectivity index (χ2v) is 9.15. The smallest absolute Gasteiger partial charge is 0.225 e. The van der Waals surface area contributed by atoms with Crippen molar-refractivity contribution in [2.45, 2.75) is 18.2 Å². The zero-order valence-electron chi connectivity index (χ0n) is 17.1. The summed E-state index contributed by atoms with van der Waals surface area (Å²) in [5, 5.41) is 6.78. The number of benzene rings is 2. The van der Waals surface area contributed by atoms with Crippen LogP contribution in [0.5, 0.6) is 11.5 Å². The van der Waals surface area contributed by atoms with Crippen LogP contribution in [0.4, 0.5) is 5.69 Å². The predicted octanol–water partition coefficient (Wildman–Crippen LogP) is 4.12. The number of hydrogen-bond acceptors (Lipinski definition) is 7. The molecule has 0 aliphatic heterocycles. The number of rotatable bonds is 8. The zero-order valence-corrected chi connectivity index (χ0v) is 18.7. The van der Waals surface area contributed by atoms with E-state index in [2.05, 4.69) is 10.5 Å². The minimum Gasteiger partial charge on any atom is -0.495 e. The van der Waals surface area contributed by atoms with Crippen LogP contribution in [-0.2, 0) is 14.6 Å². The van der Waals surface area contributed by atoms with Crippen LogP contribution in [-0.4, -0.2) is 39.5 Å². The molecule has 1 aromatic heterocycles. The molecule has 8 nitrogen and oxygen atoms in total. The first-order valence-electron chi connectivity index (χ1n) is 9.21. The fraction of sp³-hybridized carbons (Fsp3) is 0.238. The van der Waals surface area contributed by atoms with E-state index in [1.54, 1.807) is 37.3 Å². The Labute approximate surface area is 185 Å². The van der Waals surface area contributed by atoms with Gasteiger partial charge in [0, 0.05) is 23.7 Å². The SMILES string of the molecule is COc1ccc(NC(=O)CCS(=O)(=O)c2cc(-c3cc(C)no3)ccc2OC)cc1Cl. The van der Waals surface area contributed by atoms with Gasteiger partial charge in [0.25, 0.3) is 0 Å². The molecular formula is C21H21ClN2O6S. The monoisotopic (exact) mass is 464 g/mol. The number of methoxy groups -OCH3 is 2. The molecule has 0 spiro atoms. The Bertz CT molecular complexity index is 1210. The molecule has 0 aliphatic carbocycles. The summed E-state index contributed by atoms with van der Waals surface area (Å²) in [7, 11) is -0.962. The second-order valence-electron chi connectivity index (χ2n) is 6.66. The first-order chi connectivity index (χ1) is 14.7. The van der Waals surface area contributed by atoms with Gasteiger partial charge in [0.05, 0.1) is 30.7 Å². The van der Waals surface area contributed by atoms with Crippen molar-refractivity contribution in [3.63, 3.8) is 0 Å². The number of aryl methyl sites for hydroxylation is 1. The van der Waals surface area contributed by atoms with Crippen molar-refractivity contribution in [2.24, 2.45) is 0 Å². The highest BCUT2D eigenvalue weighted by atomic mass is 35.5. The van der Waals surface area contributed by atoms with Crippen LogP contribution in [0.15, 0.2) is 51.9 Å². The number of carbonyl (C=O) groups is 1. The first kappa shape index (κ1) is 22.6. The predicted molar refractivity (Wildman–Crippen MR) is 117 cm³/mol. The van der Waals surface area contributed by atoms with Crippen LogP contribution < -0.4 is 14.8 Å². The molecule has 0 aliphatic rings. The molecule has 2 aromatic carbocycles. The van der Waals surface area contributed by atoms with Crippen LogP contribution in [0.2, 0.25) is 5.02 Å². The average Bonchev–Trinajstić information content (AvgIpc) is 3.18. The molecule has 1 heterocycles. The van der Waals surface area contributed by atoms with E-state index in [4.69, 9.17) is 25.6 Å². The molecule has 3 rings (SSSR count). The largest absolute Gasteiger partial charge is 0.495 e. The van der Waals surface area contributed by atoms with Gasteiger partial charge in [-0.15, -0.1) is 0 Å². The number of anilines is 1. The van der Waals surface area contributed by atoms with Gasteiger partial charge >= 0.3 is 0 Å². The maximum absolute atomic E-state index is 13.0. The molecule has 0 saturated carbocycles. The van der Waals surface area contributed by atoms with E-state index in [1.807, 2.05) is 0 Å².